The number of hydrogen-bond acceptors (Lipinski definition) is 5. The summed E-state index contributed by atoms with van der Waals surface area (Å²) in [6.45, 7) is 5.64. The molecule has 2 rings (SSSR count). The minimum absolute atomic E-state index is 0.00323. The molecule has 0 saturated heterocycles. The Hall–Kier alpha value is -3.09. The molecule has 6 nitrogen and oxygen atoms in total. The molecule has 144 valence electrons. The van der Waals surface area contributed by atoms with Crippen molar-refractivity contribution in [2.75, 3.05) is 24.8 Å². The third-order valence-electron chi connectivity index (χ3n) is 3.91. The van der Waals surface area contributed by atoms with Gasteiger partial charge >= 0.3 is 5.97 Å². The van der Waals surface area contributed by atoms with Gasteiger partial charge in [-0.15, -0.1) is 0 Å². The Morgan fingerprint density at radius 3 is 2.44 bits per heavy atom. The number of hydrogen-bond donors (Lipinski definition) is 2. The van der Waals surface area contributed by atoms with Gasteiger partial charge in [-0.25, -0.2) is 9.18 Å². The van der Waals surface area contributed by atoms with Crippen LogP contribution in [0.2, 0.25) is 0 Å². The molecule has 0 spiro atoms. The molecular formula is C20H23FN2O4. The predicted molar refractivity (Wildman–Crippen MR) is 101 cm³/mol. The summed E-state index contributed by atoms with van der Waals surface area (Å²) in [5, 5.41) is 2.67. The Morgan fingerprint density at radius 1 is 1.15 bits per heavy atom. The summed E-state index contributed by atoms with van der Waals surface area (Å²) in [5.74, 6) is -1.41. The van der Waals surface area contributed by atoms with Crippen LogP contribution in [0.15, 0.2) is 36.4 Å². The lowest BCUT2D eigenvalue weighted by molar-refractivity contribution is -0.119. The molecule has 1 amide bonds. The Labute approximate surface area is 157 Å². The highest BCUT2D eigenvalue weighted by atomic mass is 19.1. The molecule has 0 unspecified atom stereocenters. The summed E-state index contributed by atoms with van der Waals surface area (Å²) in [4.78, 5) is 24.2. The van der Waals surface area contributed by atoms with Crippen LogP contribution in [-0.4, -0.2) is 25.6 Å². The van der Waals surface area contributed by atoms with Gasteiger partial charge in [0.2, 0.25) is 0 Å². The number of nitrogens with one attached hydrogen (secondary N) is 1. The fourth-order valence-electron chi connectivity index (χ4n) is 2.39. The van der Waals surface area contributed by atoms with Gasteiger partial charge < -0.3 is 20.5 Å². The summed E-state index contributed by atoms with van der Waals surface area (Å²) < 4.78 is 23.3. The molecule has 0 aliphatic carbocycles. The van der Waals surface area contributed by atoms with Gasteiger partial charge in [0.1, 0.15) is 11.6 Å². The van der Waals surface area contributed by atoms with Crippen molar-refractivity contribution in [2.24, 2.45) is 0 Å². The minimum Gasteiger partial charge on any atom is -0.495 e. The van der Waals surface area contributed by atoms with Crippen molar-refractivity contribution in [3.8, 4) is 5.75 Å². The fourth-order valence-corrected chi connectivity index (χ4v) is 2.39. The second kappa shape index (κ2) is 8.07. The smallest absolute Gasteiger partial charge is 0.340 e. The number of amides is 1. The molecule has 0 aromatic heterocycles. The van der Waals surface area contributed by atoms with Crippen LogP contribution in [0, 0.1) is 5.82 Å². The lowest BCUT2D eigenvalue weighted by Gasteiger charge is -2.21. The number of esters is 1. The van der Waals surface area contributed by atoms with Gasteiger partial charge in [-0.05, 0) is 41.3 Å². The van der Waals surface area contributed by atoms with Crippen LogP contribution in [-0.2, 0) is 14.9 Å². The molecule has 0 fully saturated rings. The third-order valence-corrected chi connectivity index (χ3v) is 3.91. The van der Waals surface area contributed by atoms with E-state index in [9.17, 15) is 14.0 Å². The summed E-state index contributed by atoms with van der Waals surface area (Å²) in [6.07, 6.45) is 0. The molecule has 0 bridgehead atoms. The van der Waals surface area contributed by atoms with E-state index in [0.717, 1.165) is 17.7 Å². The number of methoxy groups -OCH3 is 1. The van der Waals surface area contributed by atoms with E-state index in [-0.39, 0.29) is 16.7 Å². The van der Waals surface area contributed by atoms with Crippen LogP contribution in [0.5, 0.6) is 5.75 Å². The van der Waals surface area contributed by atoms with Crippen LogP contribution < -0.4 is 15.8 Å². The lowest BCUT2D eigenvalue weighted by atomic mass is 9.87. The molecule has 2 aromatic carbocycles. The van der Waals surface area contributed by atoms with Gasteiger partial charge in [0.05, 0.1) is 18.4 Å². The SMILES string of the molecule is COc1ccc(C(C)(C)C)cc1NC(=O)COC(=O)c1ccc(F)cc1N. The molecule has 0 aliphatic heterocycles. The lowest BCUT2D eigenvalue weighted by Crippen LogP contribution is -2.22. The maximum atomic E-state index is 13.0. The molecule has 0 radical (unpaired) electrons. The van der Waals surface area contributed by atoms with Crippen molar-refractivity contribution in [2.45, 2.75) is 26.2 Å². The number of nitrogen functional groups attached to an aromatic ring is 1. The van der Waals surface area contributed by atoms with Gasteiger partial charge in [-0.2, -0.15) is 0 Å². The van der Waals surface area contributed by atoms with Crippen LogP contribution in [0.1, 0.15) is 36.7 Å². The van der Waals surface area contributed by atoms with E-state index in [1.54, 1.807) is 6.07 Å². The molecule has 0 heterocycles. The largest absolute Gasteiger partial charge is 0.495 e. The first-order chi connectivity index (χ1) is 12.6. The van der Waals surface area contributed by atoms with E-state index in [4.69, 9.17) is 15.2 Å². The van der Waals surface area contributed by atoms with Crippen molar-refractivity contribution < 1.29 is 23.5 Å². The zero-order valence-corrected chi connectivity index (χ0v) is 15.8. The first-order valence-electron chi connectivity index (χ1n) is 8.32. The molecule has 27 heavy (non-hydrogen) atoms. The van der Waals surface area contributed by atoms with Crippen LogP contribution in [0.4, 0.5) is 15.8 Å². The van der Waals surface area contributed by atoms with Gasteiger partial charge in [-0.3, -0.25) is 4.79 Å². The fraction of sp³-hybridized carbons (Fsp3) is 0.300. The molecule has 7 heteroatoms. The summed E-state index contributed by atoms with van der Waals surface area (Å²) in [5.41, 5.74) is 6.91. The molecule has 3 N–H and O–H groups in total. The highest BCUT2D eigenvalue weighted by molar-refractivity contribution is 5.98. The van der Waals surface area contributed by atoms with E-state index >= 15 is 0 Å². The minimum atomic E-state index is -0.807. The number of rotatable bonds is 5. The van der Waals surface area contributed by atoms with E-state index < -0.39 is 24.3 Å². The average Bonchev–Trinajstić information content (AvgIpc) is 2.59. The first kappa shape index (κ1) is 20.2. The second-order valence-corrected chi connectivity index (χ2v) is 7.02. The van der Waals surface area contributed by atoms with E-state index in [2.05, 4.69) is 26.1 Å². The highest BCUT2D eigenvalue weighted by Crippen LogP contribution is 2.31. The van der Waals surface area contributed by atoms with Gasteiger partial charge in [0.15, 0.2) is 6.61 Å². The topological polar surface area (TPSA) is 90.6 Å². The maximum absolute atomic E-state index is 13.0. The monoisotopic (exact) mass is 374 g/mol. The molecule has 2 aromatic rings. The molecule has 0 aliphatic rings. The maximum Gasteiger partial charge on any atom is 0.340 e. The summed E-state index contributed by atoms with van der Waals surface area (Å²) in [6, 6.07) is 8.82. The normalized spacial score (nSPS) is 11.0. The zero-order chi connectivity index (χ0) is 20.2. The number of ether oxygens (including phenoxy) is 2. The molecule has 0 saturated carbocycles. The van der Waals surface area contributed by atoms with E-state index in [0.29, 0.717) is 11.4 Å². The number of benzene rings is 2. The Bertz CT molecular complexity index is 860. The van der Waals surface area contributed by atoms with Crippen molar-refractivity contribution in [3.05, 3.63) is 53.3 Å². The Morgan fingerprint density at radius 2 is 1.85 bits per heavy atom. The van der Waals surface area contributed by atoms with Crippen molar-refractivity contribution in [1.82, 2.24) is 0 Å². The van der Waals surface area contributed by atoms with Crippen molar-refractivity contribution >= 4 is 23.3 Å². The van der Waals surface area contributed by atoms with Crippen molar-refractivity contribution in [3.63, 3.8) is 0 Å². The molecule has 0 atom stereocenters. The summed E-state index contributed by atoms with van der Waals surface area (Å²) >= 11 is 0. The van der Waals surface area contributed by atoms with Gasteiger partial charge in [0, 0.05) is 5.69 Å². The second-order valence-electron chi connectivity index (χ2n) is 7.02. The standard InChI is InChI=1S/C20H23FN2O4/c1-20(2,3)12-5-8-17(26-4)16(9-12)23-18(24)11-27-19(25)14-7-6-13(21)10-15(14)22/h5-10H,11,22H2,1-4H3,(H,23,24). The first-order valence-corrected chi connectivity index (χ1v) is 8.32. The van der Waals surface area contributed by atoms with Gasteiger partial charge in [-0.1, -0.05) is 26.8 Å². The number of carbonyl (C=O) groups excluding carboxylic acids is 2. The molecular weight excluding hydrogens is 351 g/mol. The van der Waals surface area contributed by atoms with Crippen LogP contribution >= 0.6 is 0 Å². The number of nitrogens with two attached hydrogens (primary N) is 1. The average molecular weight is 374 g/mol. The van der Waals surface area contributed by atoms with E-state index in [1.807, 2.05) is 12.1 Å². The predicted octanol–water partition coefficient (Wildman–Crippen LogP) is 3.51. The Kier molecular flexibility index (Phi) is 6.05. The highest BCUT2D eigenvalue weighted by Gasteiger charge is 2.18. The Balaban J connectivity index is 2.06. The quantitative estimate of drug-likeness (QED) is 0.617. The number of anilines is 2. The third kappa shape index (κ3) is 5.20. The summed E-state index contributed by atoms with van der Waals surface area (Å²) in [7, 11) is 1.50. The number of halogens is 1. The van der Waals surface area contributed by atoms with Crippen LogP contribution in [0.3, 0.4) is 0 Å². The van der Waals surface area contributed by atoms with Gasteiger partial charge in [0.25, 0.3) is 5.91 Å². The zero-order valence-electron chi connectivity index (χ0n) is 15.8. The number of carbonyl (C=O) groups is 2. The van der Waals surface area contributed by atoms with Crippen LogP contribution in [0.25, 0.3) is 0 Å². The van der Waals surface area contributed by atoms with E-state index in [1.165, 1.54) is 13.2 Å². The van der Waals surface area contributed by atoms with Crippen molar-refractivity contribution in [1.29, 1.82) is 0 Å².